The van der Waals surface area contributed by atoms with Gasteiger partial charge >= 0.3 is 0 Å². The van der Waals surface area contributed by atoms with Crippen molar-refractivity contribution in [3.8, 4) is 0 Å². The summed E-state index contributed by atoms with van der Waals surface area (Å²) in [5.74, 6) is 0.0486. The van der Waals surface area contributed by atoms with Gasteiger partial charge in [-0.15, -0.1) is 0 Å². The van der Waals surface area contributed by atoms with Crippen LogP contribution in [0.15, 0.2) is 18.3 Å². The second-order valence-electron chi connectivity index (χ2n) is 4.64. The zero-order chi connectivity index (χ0) is 12.5. The summed E-state index contributed by atoms with van der Waals surface area (Å²) < 4.78 is 22.3. The Hall–Kier alpha value is -0.980. The Bertz CT molecular complexity index is 484. The standard InChI is InChI=1S/C11H17N3O2S/c1-8-5-11(14-13-8)10-4-3-9(6-12-10)7-17(2,15)16/h3-4,6,8,11,13-14H,5,7H2,1-2H3. The summed E-state index contributed by atoms with van der Waals surface area (Å²) in [6.07, 6.45) is 3.85. The Morgan fingerprint density at radius 2 is 2.18 bits per heavy atom. The molecule has 1 aromatic rings. The number of hydrogen-bond donors (Lipinski definition) is 2. The molecule has 2 N–H and O–H groups in total. The smallest absolute Gasteiger partial charge is 0.151 e. The van der Waals surface area contributed by atoms with Crippen LogP contribution in [0.5, 0.6) is 0 Å². The van der Waals surface area contributed by atoms with E-state index < -0.39 is 9.84 Å². The van der Waals surface area contributed by atoms with Crippen LogP contribution in [0.1, 0.15) is 30.6 Å². The average Bonchev–Trinajstić information content (AvgIpc) is 2.63. The highest BCUT2D eigenvalue weighted by Crippen LogP contribution is 2.20. The molecule has 1 aliphatic heterocycles. The van der Waals surface area contributed by atoms with E-state index in [2.05, 4.69) is 22.8 Å². The van der Waals surface area contributed by atoms with Gasteiger partial charge in [-0.05, 0) is 25.0 Å². The molecule has 17 heavy (non-hydrogen) atoms. The molecular formula is C11H17N3O2S. The van der Waals surface area contributed by atoms with Crippen LogP contribution in [-0.2, 0) is 15.6 Å². The summed E-state index contributed by atoms with van der Waals surface area (Å²) >= 11 is 0. The molecule has 1 saturated heterocycles. The molecule has 2 atom stereocenters. The number of hydrogen-bond acceptors (Lipinski definition) is 5. The highest BCUT2D eigenvalue weighted by molar-refractivity contribution is 7.89. The van der Waals surface area contributed by atoms with Crippen molar-refractivity contribution in [2.75, 3.05) is 6.26 Å². The highest BCUT2D eigenvalue weighted by Gasteiger charge is 2.22. The number of rotatable bonds is 3. The van der Waals surface area contributed by atoms with Crippen LogP contribution in [0.3, 0.4) is 0 Å². The van der Waals surface area contributed by atoms with Gasteiger partial charge < -0.3 is 0 Å². The van der Waals surface area contributed by atoms with Crippen molar-refractivity contribution in [1.29, 1.82) is 0 Å². The first-order chi connectivity index (χ1) is 7.94. The summed E-state index contributed by atoms with van der Waals surface area (Å²) in [7, 11) is -2.99. The van der Waals surface area contributed by atoms with Gasteiger partial charge in [0.1, 0.15) is 0 Å². The molecule has 0 spiro atoms. The first kappa shape index (κ1) is 12.5. The Labute approximate surface area is 102 Å². The fraction of sp³-hybridized carbons (Fsp3) is 0.545. The summed E-state index contributed by atoms with van der Waals surface area (Å²) in [6, 6.07) is 4.35. The molecule has 2 unspecified atom stereocenters. The maximum atomic E-state index is 11.1. The average molecular weight is 255 g/mol. The number of nitrogens with zero attached hydrogens (tertiary/aromatic N) is 1. The van der Waals surface area contributed by atoms with Crippen LogP contribution in [0.25, 0.3) is 0 Å². The number of sulfone groups is 1. The molecule has 2 rings (SSSR count). The predicted octanol–water partition coefficient (Wildman–Crippen LogP) is 0.554. The van der Waals surface area contributed by atoms with E-state index in [1.807, 2.05) is 12.1 Å². The maximum absolute atomic E-state index is 11.1. The number of nitrogens with one attached hydrogen (secondary N) is 2. The van der Waals surface area contributed by atoms with E-state index in [9.17, 15) is 8.42 Å². The zero-order valence-electron chi connectivity index (χ0n) is 9.97. The minimum Gasteiger partial charge on any atom is -0.259 e. The first-order valence-corrected chi connectivity index (χ1v) is 7.64. The van der Waals surface area contributed by atoms with Crippen molar-refractivity contribution in [1.82, 2.24) is 15.8 Å². The summed E-state index contributed by atoms with van der Waals surface area (Å²) in [5, 5.41) is 0. The monoisotopic (exact) mass is 255 g/mol. The number of aromatic nitrogens is 1. The molecule has 1 aliphatic rings. The lowest BCUT2D eigenvalue weighted by atomic mass is 10.1. The second kappa shape index (κ2) is 4.72. The minimum absolute atomic E-state index is 0.0486. The van der Waals surface area contributed by atoms with Gasteiger partial charge in [0.15, 0.2) is 9.84 Å². The molecule has 6 heteroatoms. The Morgan fingerprint density at radius 1 is 1.41 bits per heavy atom. The molecule has 1 aromatic heterocycles. The van der Waals surface area contributed by atoms with Crippen molar-refractivity contribution in [3.05, 3.63) is 29.6 Å². The largest absolute Gasteiger partial charge is 0.259 e. The van der Waals surface area contributed by atoms with E-state index in [0.29, 0.717) is 6.04 Å². The van der Waals surface area contributed by atoms with E-state index in [0.717, 1.165) is 17.7 Å². The molecule has 0 saturated carbocycles. The Kier molecular flexibility index (Phi) is 3.46. The van der Waals surface area contributed by atoms with Gasteiger partial charge in [0.2, 0.25) is 0 Å². The van der Waals surface area contributed by atoms with E-state index in [-0.39, 0.29) is 11.8 Å². The van der Waals surface area contributed by atoms with Gasteiger partial charge in [-0.1, -0.05) is 6.07 Å². The van der Waals surface area contributed by atoms with Crippen molar-refractivity contribution in [3.63, 3.8) is 0 Å². The van der Waals surface area contributed by atoms with Gasteiger partial charge in [-0.3, -0.25) is 10.4 Å². The Balaban J connectivity index is 2.08. The summed E-state index contributed by atoms with van der Waals surface area (Å²) in [5.41, 5.74) is 7.97. The van der Waals surface area contributed by atoms with E-state index >= 15 is 0 Å². The van der Waals surface area contributed by atoms with Crippen LogP contribution in [0.4, 0.5) is 0 Å². The summed E-state index contributed by atoms with van der Waals surface area (Å²) in [6.45, 7) is 2.10. The molecule has 0 amide bonds. The van der Waals surface area contributed by atoms with E-state index in [1.54, 1.807) is 6.20 Å². The van der Waals surface area contributed by atoms with Crippen molar-refractivity contribution < 1.29 is 8.42 Å². The van der Waals surface area contributed by atoms with Crippen LogP contribution in [0.2, 0.25) is 0 Å². The molecule has 1 fully saturated rings. The van der Waals surface area contributed by atoms with E-state index in [4.69, 9.17) is 0 Å². The lowest BCUT2D eigenvalue weighted by Gasteiger charge is -2.09. The molecule has 5 nitrogen and oxygen atoms in total. The minimum atomic E-state index is -2.99. The molecule has 0 radical (unpaired) electrons. The van der Waals surface area contributed by atoms with Crippen LogP contribution in [0, 0.1) is 0 Å². The third-order valence-corrected chi connectivity index (χ3v) is 3.58. The van der Waals surface area contributed by atoms with Crippen LogP contribution >= 0.6 is 0 Å². The fourth-order valence-corrected chi connectivity index (χ4v) is 2.72. The van der Waals surface area contributed by atoms with E-state index in [1.165, 1.54) is 6.26 Å². The first-order valence-electron chi connectivity index (χ1n) is 5.57. The zero-order valence-corrected chi connectivity index (χ0v) is 10.8. The SMILES string of the molecule is CC1CC(c2ccc(CS(C)(=O)=O)cn2)NN1. The van der Waals surface area contributed by atoms with Crippen LogP contribution < -0.4 is 10.9 Å². The highest BCUT2D eigenvalue weighted by atomic mass is 32.2. The normalized spacial score (nSPS) is 25.1. The van der Waals surface area contributed by atoms with Gasteiger partial charge in [0, 0.05) is 18.5 Å². The molecule has 0 aliphatic carbocycles. The van der Waals surface area contributed by atoms with Crippen LogP contribution in [-0.4, -0.2) is 25.7 Å². The Morgan fingerprint density at radius 3 is 2.65 bits per heavy atom. The molecule has 0 aromatic carbocycles. The fourth-order valence-electron chi connectivity index (χ4n) is 1.94. The van der Waals surface area contributed by atoms with Gasteiger partial charge in [-0.25, -0.2) is 13.8 Å². The van der Waals surface area contributed by atoms with Crippen molar-refractivity contribution in [2.24, 2.45) is 0 Å². The van der Waals surface area contributed by atoms with Crippen molar-refractivity contribution >= 4 is 9.84 Å². The quantitative estimate of drug-likeness (QED) is 0.825. The molecular weight excluding hydrogens is 238 g/mol. The molecule has 2 heterocycles. The maximum Gasteiger partial charge on any atom is 0.151 e. The lowest BCUT2D eigenvalue weighted by Crippen LogP contribution is -2.29. The van der Waals surface area contributed by atoms with Crippen molar-refractivity contribution in [2.45, 2.75) is 31.2 Å². The van der Waals surface area contributed by atoms with Gasteiger partial charge in [0.25, 0.3) is 0 Å². The third kappa shape index (κ3) is 3.49. The number of hydrazine groups is 1. The number of pyridine rings is 1. The summed E-state index contributed by atoms with van der Waals surface area (Å²) in [4.78, 5) is 4.31. The topological polar surface area (TPSA) is 71.1 Å². The third-order valence-electron chi connectivity index (χ3n) is 2.73. The predicted molar refractivity (Wildman–Crippen MR) is 65.9 cm³/mol. The lowest BCUT2D eigenvalue weighted by molar-refractivity contribution is 0.553. The second-order valence-corrected chi connectivity index (χ2v) is 6.78. The molecule has 0 bridgehead atoms. The molecule has 94 valence electrons. The van der Waals surface area contributed by atoms with Gasteiger partial charge in [-0.2, -0.15) is 0 Å². The van der Waals surface area contributed by atoms with Gasteiger partial charge in [0.05, 0.1) is 17.5 Å².